The van der Waals surface area contributed by atoms with Crippen molar-refractivity contribution in [2.24, 2.45) is 0 Å². The molecule has 90 valence electrons. The molecule has 0 spiro atoms. The predicted octanol–water partition coefficient (Wildman–Crippen LogP) is 2.41. The highest BCUT2D eigenvalue weighted by Gasteiger charge is 2.29. The van der Waals surface area contributed by atoms with E-state index in [-0.39, 0.29) is 0 Å². The average molecular weight is 239 g/mol. The molecule has 1 saturated heterocycles. The van der Waals surface area contributed by atoms with Crippen molar-refractivity contribution in [2.45, 2.75) is 45.3 Å². The van der Waals surface area contributed by atoms with Gasteiger partial charge < -0.3 is 5.32 Å². The van der Waals surface area contributed by atoms with E-state index in [1.165, 1.54) is 29.3 Å². The highest BCUT2D eigenvalue weighted by molar-refractivity contribution is 7.11. The summed E-state index contributed by atoms with van der Waals surface area (Å²) in [6.45, 7) is 6.72. The van der Waals surface area contributed by atoms with Crippen molar-refractivity contribution in [3.05, 3.63) is 16.1 Å². The van der Waals surface area contributed by atoms with E-state index in [1.54, 1.807) is 0 Å². The van der Waals surface area contributed by atoms with Crippen molar-refractivity contribution in [1.82, 2.24) is 15.2 Å². The first-order valence-corrected chi connectivity index (χ1v) is 6.89. The van der Waals surface area contributed by atoms with E-state index in [0.717, 1.165) is 6.54 Å². The molecule has 1 aliphatic heterocycles. The van der Waals surface area contributed by atoms with Crippen LogP contribution in [0.5, 0.6) is 0 Å². The van der Waals surface area contributed by atoms with Gasteiger partial charge in [-0.2, -0.15) is 0 Å². The molecule has 3 nitrogen and oxygen atoms in total. The molecule has 2 rings (SSSR count). The molecule has 1 fully saturated rings. The number of hydrogen-bond donors (Lipinski definition) is 1. The summed E-state index contributed by atoms with van der Waals surface area (Å²) in [5, 5.41) is 4.48. The second kappa shape index (κ2) is 5.25. The first kappa shape index (κ1) is 12.0. The largest absolute Gasteiger partial charge is 0.315 e. The fourth-order valence-corrected chi connectivity index (χ4v) is 3.49. The van der Waals surface area contributed by atoms with Gasteiger partial charge in [0.05, 0.1) is 6.04 Å². The number of nitrogens with one attached hydrogen (secondary N) is 1. The quantitative estimate of drug-likeness (QED) is 0.874. The third kappa shape index (κ3) is 2.44. The molecule has 0 aliphatic carbocycles. The van der Waals surface area contributed by atoms with E-state index in [1.807, 2.05) is 24.6 Å². The van der Waals surface area contributed by atoms with Gasteiger partial charge in [-0.05, 0) is 40.3 Å². The summed E-state index contributed by atoms with van der Waals surface area (Å²) >= 11 is 1.86. The zero-order valence-electron chi connectivity index (χ0n) is 10.4. The van der Waals surface area contributed by atoms with Gasteiger partial charge in [-0.3, -0.25) is 4.90 Å². The van der Waals surface area contributed by atoms with Crippen LogP contribution in [-0.2, 0) is 6.54 Å². The van der Waals surface area contributed by atoms with Crippen LogP contribution in [0, 0.1) is 0 Å². The van der Waals surface area contributed by atoms with Crippen LogP contribution in [0.1, 0.15) is 42.6 Å². The Bertz CT molecular complexity index is 335. The Kier molecular flexibility index (Phi) is 3.95. The summed E-state index contributed by atoms with van der Waals surface area (Å²) in [5.41, 5.74) is 0. The molecule has 0 aromatic carbocycles. The monoisotopic (exact) mass is 239 g/mol. The number of rotatable bonds is 4. The lowest BCUT2D eigenvalue weighted by Gasteiger charge is -2.26. The molecular weight excluding hydrogens is 218 g/mol. The summed E-state index contributed by atoms with van der Waals surface area (Å²) in [6, 6.07) is 1.19. The van der Waals surface area contributed by atoms with Crippen LogP contribution < -0.4 is 5.32 Å². The van der Waals surface area contributed by atoms with Gasteiger partial charge in [0, 0.05) is 23.7 Å². The second-order valence-electron chi connectivity index (χ2n) is 4.68. The molecule has 1 aromatic heterocycles. The number of thiazole rings is 1. The Labute approximate surface area is 102 Å². The highest BCUT2D eigenvalue weighted by atomic mass is 32.1. The molecule has 2 heterocycles. The van der Waals surface area contributed by atoms with E-state index < -0.39 is 0 Å². The molecule has 0 radical (unpaired) electrons. The minimum absolute atomic E-state index is 0.565. The lowest BCUT2D eigenvalue weighted by molar-refractivity contribution is 0.205. The van der Waals surface area contributed by atoms with Crippen LogP contribution in [0.2, 0.25) is 0 Å². The summed E-state index contributed by atoms with van der Waals surface area (Å²) in [5.74, 6) is 0. The number of aromatic nitrogens is 1. The Balaban J connectivity index is 2.10. The second-order valence-corrected chi connectivity index (χ2v) is 5.83. The molecule has 1 aromatic rings. The van der Waals surface area contributed by atoms with Crippen LogP contribution in [0.15, 0.2) is 6.20 Å². The van der Waals surface area contributed by atoms with Crippen molar-refractivity contribution < 1.29 is 0 Å². The predicted molar refractivity (Wildman–Crippen MR) is 68.7 cm³/mol. The van der Waals surface area contributed by atoms with Gasteiger partial charge in [-0.1, -0.05) is 0 Å². The topological polar surface area (TPSA) is 28.2 Å². The Hall–Kier alpha value is -0.450. The van der Waals surface area contributed by atoms with E-state index in [4.69, 9.17) is 0 Å². The van der Waals surface area contributed by atoms with Crippen LogP contribution in [-0.4, -0.2) is 29.5 Å². The maximum Gasteiger partial charge on any atom is 0.110 e. The first-order valence-electron chi connectivity index (χ1n) is 6.07. The minimum atomic E-state index is 0.565. The van der Waals surface area contributed by atoms with Crippen LogP contribution in [0.4, 0.5) is 0 Å². The van der Waals surface area contributed by atoms with Crippen LogP contribution >= 0.6 is 11.3 Å². The molecule has 0 amide bonds. The molecule has 4 heteroatoms. The SMILES string of the molecule is CNCc1cnc(C2CCCN2C(C)C)s1. The van der Waals surface area contributed by atoms with E-state index in [2.05, 4.69) is 29.0 Å². The molecule has 1 N–H and O–H groups in total. The minimum Gasteiger partial charge on any atom is -0.315 e. The van der Waals surface area contributed by atoms with Crippen molar-refractivity contribution in [3.63, 3.8) is 0 Å². The van der Waals surface area contributed by atoms with Gasteiger partial charge in [0.2, 0.25) is 0 Å². The Morgan fingerprint density at radius 3 is 3.12 bits per heavy atom. The molecule has 16 heavy (non-hydrogen) atoms. The normalized spacial score (nSPS) is 22.1. The van der Waals surface area contributed by atoms with E-state index >= 15 is 0 Å². The van der Waals surface area contributed by atoms with E-state index in [0.29, 0.717) is 12.1 Å². The molecule has 1 unspecified atom stereocenters. The Morgan fingerprint density at radius 1 is 1.62 bits per heavy atom. The number of hydrogen-bond acceptors (Lipinski definition) is 4. The average Bonchev–Trinajstić information content (AvgIpc) is 2.83. The third-order valence-electron chi connectivity index (χ3n) is 3.17. The molecule has 1 atom stereocenters. The highest BCUT2D eigenvalue weighted by Crippen LogP contribution is 2.35. The zero-order valence-corrected chi connectivity index (χ0v) is 11.2. The fourth-order valence-electron chi connectivity index (χ4n) is 2.40. The van der Waals surface area contributed by atoms with Crippen molar-refractivity contribution in [2.75, 3.05) is 13.6 Å². The molecule has 1 aliphatic rings. The van der Waals surface area contributed by atoms with Crippen molar-refractivity contribution in [3.8, 4) is 0 Å². The van der Waals surface area contributed by atoms with Crippen LogP contribution in [0.25, 0.3) is 0 Å². The standard InChI is InChI=1S/C12H21N3S/c1-9(2)15-6-4-5-11(15)12-14-8-10(16-12)7-13-3/h8-9,11,13H,4-7H2,1-3H3. The lowest BCUT2D eigenvalue weighted by atomic mass is 10.2. The molecule has 0 saturated carbocycles. The maximum atomic E-state index is 4.59. The van der Waals surface area contributed by atoms with Crippen molar-refractivity contribution in [1.29, 1.82) is 0 Å². The van der Waals surface area contributed by atoms with Gasteiger partial charge in [0.1, 0.15) is 5.01 Å². The smallest absolute Gasteiger partial charge is 0.110 e. The maximum absolute atomic E-state index is 4.59. The molecular formula is C12H21N3S. The van der Waals surface area contributed by atoms with E-state index in [9.17, 15) is 0 Å². The lowest BCUT2D eigenvalue weighted by Crippen LogP contribution is -2.30. The van der Waals surface area contributed by atoms with Gasteiger partial charge in [0.25, 0.3) is 0 Å². The summed E-state index contributed by atoms with van der Waals surface area (Å²) in [7, 11) is 1.98. The summed E-state index contributed by atoms with van der Waals surface area (Å²) < 4.78 is 0. The van der Waals surface area contributed by atoms with Gasteiger partial charge >= 0.3 is 0 Å². The fraction of sp³-hybridized carbons (Fsp3) is 0.750. The van der Waals surface area contributed by atoms with Gasteiger partial charge in [0.15, 0.2) is 0 Å². The number of likely N-dealkylation sites (tertiary alicyclic amines) is 1. The van der Waals surface area contributed by atoms with Gasteiger partial charge in [-0.15, -0.1) is 11.3 Å². The van der Waals surface area contributed by atoms with Crippen LogP contribution in [0.3, 0.4) is 0 Å². The van der Waals surface area contributed by atoms with Crippen molar-refractivity contribution >= 4 is 11.3 Å². The third-order valence-corrected chi connectivity index (χ3v) is 4.26. The van der Waals surface area contributed by atoms with Gasteiger partial charge in [-0.25, -0.2) is 4.98 Å². The first-order chi connectivity index (χ1) is 7.72. The summed E-state index contributed by atoms with van der Waals surface area (Å²) in [4.78, 5) is 8.50. The number of nitrogens with zero attached hydrogens (tertiary/aromatic N) is 2. The zero-order chi connectivity index (χ0) is 11.5. The Morgan fingerprint density at radius 2 is 2.44 bits per heavy atom. The molecule has 0 bridgehead atoms. The summed E-state index contributed by atoms with van der Waals surface area (Å²) in [6.07, 6.45) is 4.60.